The molecule has 1 N–H and O–H groups in total. The highest BCUT2D eigenvalue weighted by Crippen LogP contribution is 2.12. The Kier molecular flexibility index (Phi) is 19.6. The smallest absolute Gasteiger partial charge is 0.303 e. The van der Waals surface area contributed by atoms with E-state index in [1.54, 1.807) is 0 Å². The molecule has 0 aromatic carbocycles. The number of rotatable bonds is 19. The molecule has 0 aromatic rings. The molecule has 0 aliphatic carbocycles. The van der Waals surface area contributed by atoms with Crippen molar-refractivity contribution in [3.8, 4) is 0 Å². The third kappa shape index (κ3) is 21.2. The Labute approximate surface area is 151 Å². The van der Waals surface area contributed by atoms with Crippen molar-refractivity contribution in [2.45, 2.75) is 122 Å². The minimum Gasteiger partial charge on any atom is -0.481 e. The van der Waals surface area contributed by atoms with Crippen molar-refractivity contribution >= 4 is 5.97 Å². The van der Waals surface area contributed by atoms with Gasteiger partial charge in [-0.2, -0.15) is 0 Å². The molecule has 2 nitrogen and oxygen atoms in total. The van der Waals surface area contributed by atoms with Gasteiger partial charge in [-0.1, -0.05) is 96.1 Å². The van der Waals surface area contributed by atoms with Gasteiger partial charge in [0.15, 0.2) is 0 Å². The first-order valence-corrected chi connectivity index (χ1v) is 10.6. The molecular formula is C22H42O2. The molecule has 0 aliphatic heterocycles. The van der Waals surface area contributed by atoms with Crippen LogP contribution in [0, 0.1) is 0 Å². The second-order valence-electron chi connectivity index (χ2n) is 7.14. The van der Waals surface area contributed by atoms with E-state index in [2.05, 4.69) is 19.1 Å². The van der Waals surface area contributed by atoms with Gasteiger partial charge in [-0.3, -0.25) is 4.79 Å². The van der Waals surface area contributed by atoms with Crippen molar-refractivity contribution in [3.63, 3.8) is 0 Å². The quantitative estimate of drug-likeness (QED) is 0.194. The summed E-state index contributed by atoms with van der Waals surface area (Å²) >= 11 is 0. The van der Waals surface area contributed by atoms with Gasteiger partial charge in [-0.15, -0.1) is 0 Å². The molecule has 0 saturated carbocycles. The van der Waals surface area contributed by atoms with E-state index in [9.17, 15) is 4.79 Å². The summed E-state index contributed by atoms with van der Waals surface area (Å²) in [6.45, 7) is 2.27. The molecule has 0 aromatic heterocycles. The van der Waals surface area contributed by atoms with Crippen molar-refractivity contribution in [2.24, 2.45) is 0 Å². The molecule has 24 heavy (non-hydrogen) atoms. The fourth-order valence-electron chi connectivity index (χ4n) is 3.05. The summed E-state index contributed by atoms with van der Waals surface area (Å²) in [5.41, 5.74) is 0. The highest BCUT2D eigenvalue weighted by atomic mass is 16.4. The zero-order valence-electron chi connectivity index (χ0n) is 16.2. The maximum absolute atomic E-state index is 10.4. The molecule has 0 unspecified atom stereocenters. The first-order valence-electron chi connectivity index (χ1n) is 10.6. The van der Waals surface area contributed by atoms with Crippen molar-refractivity contribution in [3.05, 3.63) is 12.2 Å². The number of carboxylic acids is 1. The van der Waals surface area contributed by atoms with E-state index in [1.165, 1.54) is 96.3 Å². The average Bonchev–Trinajstić information content (AvgIpc) is 2.56. The number of carboxylic acid groups (broad SMARTS) is 1. The Hall–Kier alpha value is -0.790. The minimum absolute atomic E-state index is 0.338. The second kappa shape index (κ2) is 20.3. The van der Waals surface area contributed by atoms with E-state index in [0.29, 0.717) is 6.42 Å². The van der Waals surface area contributed by atoms with Crippen LogP contribution >= 0.6 is 0 Å². The van der Waals surface area contributed by atoms with Crippen LogP contribution in [0.3, 0.4) is 0 Å². The van der Waals surface area contributed by atoms with Crippen LogP contribution in [0.25, 0.3) is 0 Å². The maximum atomic E-state index is 10.4. The SMILES string of the molecule is CCCCCCCCC/C=C/CCCCCCCCCCC(=O)O. The summed E-state index contributed by atoms with van der Waals surface area (Å²) in [5, 5.41) is 8.55. The molecule has 0 heterocycles. The van der Waals surface area contributed by atoms with Crippen LogP contribution in [0.2, 0.25) is 0 Å². The van der Waals surface area contributed by atoms with E-state index in [1.807, 2.05) is 0 Å². The van der Waals surface area contributed by atoms with Crippen molar-refractivity contribution < 1.29 is 9.90 Å². The van der Waals surface area contributed by atoms with Gasteiger partial charge in [-0.25, -0.2) is 0 Å². The molecule has 0 amide bonds. The van der Waals surface area contributed by atoms with Crippen molar-refractivity contribution in [1.29, 1.82) is 0 Å². The van der Waals surface area contributed by atoms with Crippen molar-refractivity contribution in [2.75, 3.05) is 0 Å². The van der Waals surface area contributed by atoms with Gasteiger partial charge in [0.25, 0.3) is 0 Å². The second-order valence-corrected chi connectivity index (χ2v) is 7.14. The number of unbranched alkanes of at least 4 members (excludes halogenated alkanes) is 15. The Balaban J connectivity index is 3.07. The minimum atomic E-state index is -0.657. The van der Waals surface area contributed by atoms with Gasteiger partial charge in [0, 0.05) is 6.42 Å². The van der Waals surface area contributed by atoms with Crippen LogP contribution in [0.15, 0.2) is 12.2 Å². The Bertz CT molecular complexity index is 284. The van der Waals surface area contributed by atoms with Gasteiger partial charge in [0.1, 0.15) is 0 Å². The number of aliphatic carboxylic acids is 1. The molecule has 2 heteroatoms. The Morgan fingerprint density at radius 2 is 1.00 bits per heavy atom. The van der Waals surface area contributed by atoms with Crippen molar-refractivity contribution in [1.82, 2.24) is 0 Å². The number of hydrogen-bond acceptors (Lipinski definition) is 1. The zero-order valence-corrected chi connectivity index (χ0v) is 16.2. The predicted molar refractivity (Wildman–Crippen MR) is 106 cm³/mol. The molecule has 0 saturated heterocycles. The first kappa shape index (κ1) is 23.2. The van der Waals surface area contributed by atoms with Crippen LogP contribution in [0.4, 0.5) is 0 Å². The fourth-order valence-corrected chi connectivity index (χ4v) is 3.05. The molecule has 0 radical (unpaired) electrons. The van der Waals surface area contributed by atoms with E-state index >= 15 is 0 Å². The highest BCUT2D eigenvalue weighted by Gasteiger charge is 1.96. The Morgan fingerprint density at radius 1 is 0.625 bits per heavy atom. The highest BCUT2D eigenvalue weighted by molar-refractivity contribution is 5.66. The lowest BCUT2D eigenvalue weighted by Gasteiger charge is -2.01. The fraction of sp³-hybridized carbons (Fsp3) is 0.864. The van der Waals surface area contributed by atoms with Crippen LogP contribution in [0.5, 0.6) is 0 Å². The molecule has 0 aliphatic rings. The Morgan fingerprint density at radius 3 is 1.42 bits per heavy atom. The molecule has 0 fully saturated rings. The first-order chi connectivity index (χ1) is 11.8. The standard InChI is InChI=1S/C22H42O2/c1-2-3-4-5-6-7-8-9-10-11-12-13-14-15-16-17-18-19-20-21-22(23)24/h10-11H,2-9,12-21H2,1H3,(H,23,24)/b11-10+. The molecule has 142 valence electrons. The van der Waals surface area contributed by atoms with E-state index in [4.69, 9.17) is 5.11 Å². The summed E-state index contributed by atoms with van der Waals surface area (Å²) in [6, 6.07) is 0. The van der Waals surface area contributed by atoms with Crippen LogP contribution < -0.4 is 0 Å². The van der Waals surface area contributed by atoms with Crippen LogP contribution in [-0.4, -0.2) is 11.1 Å². The summed E-state index contributed by atoms with van der Waals surface area (Å²) < 4.78 is 0. The molecule has 0 bridgehead atoms. The topological polar surface area (TPSA) is 37.3 Å². The molecule has 0 atom stereocenters. The van der Waals surface area contributed by atoms with Crippen LogP contribution in [-0.2, 0) is 4.79 Å². The average molecular weight is 339 g/mol. The third-order valence-electron chi connectivity index (χ3n) is 4.65. The summed E-state index contributed by atoms with van der Waals surface area (Å²) in [4.78, 5) is 10.4. The number of hydrogen-bond donors (Lipinski definition) is 1. The normalized spacial score (nSPS) is 11.4. The van der Waals surface area contributed by atoms with Gasteiger partial charge in [0.05, 0.1) is 0 Å². The van der Waals surface area contributed by atoms with Crippen LogP contribution in [0.1, 0.15) is 122 Å². The van der Waals surface area contributed by atoms with E-state index < -0.39 is 5.97 Å². The van der Waals surface area contributed by atoms with E-state index in [0.717, 1.165) is 12.8 Å². The van der Waals surface area contributed by atoms with Gasteiger partial charge >= 0.3 is 5.97 Å². The number of allylic oxidation sites excluding steroid dienone is 2. The molecular weight excluding hydrogens is 296 g/mol. The van der Waals surface area contributed by atoms with Gasteiger partial charge < -0.3 is 5.11 Å². The maximum Gasteiger partial charge on any atom is 0.303 e. The molecule has 0 spiro atoms. The lowest BCUT2D eigenvalue weighted by Crippen LogP contribution is -1.93. The third-order valence-corrected chi connectivity index (χ3v) is 4.65. The van der Waals surface area contributed by atoms with Gasteiger partial charge in [0.2, 0.25) is 0 Å². The molecule has 0 rings (SSSR count). The lowest BCUT2D eigenvalue weighted by atomic mass is 10.1. The summed E-state index contributed by atoms with van der Waals surface area (Å²) in [6.07, 6.45) is 27.1. The largest absolute Gasteiger partial charge is 0.481 e. The lowest BCUT2D eigenvalue weighted by molar-refractivity contribution is -0.137. The predicted octanol–water partition coefficient (Wildman–Crippen LogP) is 7.67. The summed E-state index contributed by atoms with van der Waals surface area (Å²) in [5.74, 6) is -0.657. The van der Waals surface area contributed by atoms with Gasteiger partial charge in [-0.05, 0) is 32.1 Å². The number of carbonyl (C=O) groups is 1. The monoisotopic (exact) mass is 338 g/mol. The summed E-state index contributed by atoms with van der Waals surface area (Å²) in [7, 11) is 0. The van der Waals surface area contributed by atoms with E-state index in [-0.39, 0.29) is 0 Å². The zero-order chi connectivity index (χ0) is 17.7.